The lowest BCUT2D eigenvalue weighted by atomic mass is 10.1. The summed E-state index contributed by atoms with van der Waals surface area (Å²) >= 11 is 10.5. The maximum atomic E-state index is 12.7. The topological polar surface area (TPSA) is 42.3 Å². The van der Waals surface area contributed by atoms with Crippen LogP contribution < -0.4 is 0 Å². The Morgan fingerprint density at radius 3 is 2.52 bits per heavy atom. The van der Waals surface area contributed by atoms with Gasteiger partial charge in [0.15, 0.2) is 0 Å². The van der Waals surface area contributed by atoms with Crippen molar-refractivity contribution in [1.29, 1.82) is 0 Å². The molecule has 2 aromatic carbocycles. The number of hydrogen-bond acceptors (Lipinski definition) is 3. The van der Waals surface area contributed by atoms with E-state index in [1.807, 2.05) is 68.6 Å². The number of nitrogens with zero attached hydrogens (tertiary/aromatic N) is 2. The van der Waals surface area contributed by atoms with Crippen molar-refractivity contribution < 1.29 is 9.59 Å². The molecule has 4 nitrogen and oxygen atoms in total. The highest BCUT2D eigenvalue weighted by Crippen LogP contribution is 2.35. The maximum Gasteiger partial charge on any atom is 0.293 e. The fourth-order valence-electron chi connectivity index (χ4n) is 3.40. The number of thioether (sulfide) groups is 1. The van der Waals surface area contributed by atoms with Gasteiger partial charge in [0.05, 0.1) is 4.91 Å². The Balaban J connectivity index is 1.77. The minimum Gasteiger partial charge on any atom is -0.342 e. The van der Waals surface area contributed by atoms with Crippen LogP contribution in [0.25, 0.3) is 17.0 Å². The van der Waals surface area contributed by atoms with Crippen molar-refractivity contribution in [3.63, 3.8) is 0 Å². The summed E-state index contributed by atoms with van der Waals surface area (Å²) in [6.07, 6.45) is 3.84. The summed E-state index contributed by atoms with van der Waals surface area (Å²) in [6.45, 7) is 4.36. The third kappa shape index (κ3) is 4.02. The van der Waals surface area contributed by atoms with Crippen LogP contribution in [0.2, 0.25) is 5.02 Å². The second-order valence-corrected chi connectivity index (χ2v) is 9.49. The van der Waals surface area contributed by atoms with E-state index in [0.717, 1.165) is 38.3 Å². The van der Waals surface area contributed by atoms with Gasteiger partial charge in [-0.1, -0.05) is 39.7 Å². The molecule has 0 bridgehead atoms. The van der Waals surface area contributed by atoms with E-state index >= 15 is 0 Å². The molecule has 1 aliphatic heterocycles. The largest absolute Gasteiger partial charge is 0.342 e. The lowest BCUT2D eigenvalue weighted by Gasteiger charge is -2.16. The third-order valence-corrected chi connectivity index (χ3v) is 6.40. The molecule has 1 fully saturated rings. The fraction of sp³-hybridized carbons (Fsp3) is 0.182. The molecule has 29 heavy (non-hydrogen) atoms. The molecule has 0 N–H and O–H groups in total. The molecule has 1 saturated heterocycles. The molecule has 0 saturated carbocycles. The van der Waals surface area contributed by atoms with E-state index in [-0.39, 0.29) is 17.2 Å². The number of halogens is 2. The SMILES string of the molecule is CC(C)N1C(=O)S/C(=C\c2cn(Cc3ccc(Cl)cc3)c3ccc(Br)cc23)C1=O. The summed E-state index contributed by atoms with van der Waals surface area (Å²) in [7, 11) is 0. The Morgan fingerprint density at radius 2 is 1.86 bits per heavy atom. The van der Waals surface area contributed by atoms with Gasteiger partial charge in [-0.2, -0.15) is 0 Å². The molecule has 1 aromatic heterocycles. The number of rotatable bonds is 4. The van der Waals surface area contributed by atoms with Gasteiger partial charge in [-0.25, -0.2) is 0 Å². The highest BCUT2D eigenvalue weighted by molar-refractivity contribution is 9.10. The molecular formula is C22H18BrClN2O2S. The van der Waals surface area contributed by atoms with Crippen molar-refractivity contribution in [1.82, 2.24) is 9.47 Å². The first-order valence-electron chi connectivity index (χ1n) is 9.13. The van der Waals surface area contributed by atoms with Crippen LogP contribution in [0, 0.1) is 0 Å². The Morgan fingerprint density at radius 1 is 1.14 bits per heavy atom. The van der Waals surface area contributed by atoms with Gasteiger partial charge in [0.2, 0.25) is 0 Å². The second kappa shape index (κ2) is 8.01. The number of amides is 2. The normalized spacial score (nSPS) is 16.0. The van der Waals surface area contributed by atoms with Crippen LogP contribution in [0.1, 0.15) is 25.0 Å². The molecule has 148 valence electrons. The number of carbonyl (C=O) groups is 2. The van der Waals surface area contributed by atoms with E-state index < -0.39 is 0 Å². The molecule has 0 spiro atoms. The summed E-state index contributed by atoms with van der Waals surface area (Å²) in [5.74, 6) is -0.233. The molecule has 0 atom stereocenters. The average molecular weight is 490 g/mol. The molecule has 2 heterocycles. The molecule has 3 aromatic rings. The van der Waals surface area contributed by atoms with Crippen molar-refractivity contribution in [2.24, 2.45) is 0 Å². The van der Waals surface area contributed by atoms with Crippen molar-refractivity contribution >= 4 is 67.4 Å². The van der Waals surface area contributed by atoms with Gasteiger partial charge in [-0.15, -0.1) is 0 Å². The van der Waals surface area contributed by atoms with Crippen LogP contribution in [0.15, 0.2) is 58.0 Å². The summed E-state index contributed by atoms with van der Waals surface area (Å²) in [5, 5.41) is 1.50. The molecule has 0 unspecified atom stereocenters. The monoisotopic (exact) mass is 488 g/mol. The van der Waals surface area contributed by atoms with Gasteiger partial charge in [0.25, 0.3) is 11.1 Å². The van der Waals surface area contributed by atoms with Crippen molar-refractivity contribution in [3.8, 4) is 0 Å². The number of aromatic nitrogens is 1. The minimum absolute atomic E-state index is 0.159. The first kappa shape index (κ1) is 20.3. The van der Waals surface area contributed by atoms with Crippen LogP contribution in [-0.4, -0.2) is 26.7 Å². The lowest BCUT2D eigenvalue weighted by molar-refractivity contribution is -0.123. The number of fused-ring (bicyclic) bond motifs is 1. The quantitative estimate of drug-likeness (QED) is 0.390. The van der Waals surface area contributed by atoms with Crippen LogP contribution in [0.5, 0.6) is 0 Å². The van der Waals surface area contributed by atoms with E-state index in [4.69, 9.17) is 11.6 Å². The number of imide groups is 1. The maximum absolute atomic E-state index is 12.7. The van der Waals surface area contributed by atoms with E-state index in [2.05, 4.69) is 20.5 Å². The second-order valence-electron chi connectivity index (χ2n) is 7.15. The van der Waals surface area contributed by atoms with Gasteiger partial charge in [-0.05, 0) is 67.6 Å². The molecule has 4 rings (SSSR count). The zero-order valence-corrected chi connectivity index (χ0v) is 19.0. The first-order chi connectivity index (χ1) is 13.8. The number of hydrogen-bond donors (Lipinski definition) is 0. The summed E-state index contributed by atoms with van der Waals surface area (Å²) < 4.78 is 3.10. The zero-order chi connectivity index (χ0) is 20.7. The van der Waals surface area contributed by atoms with E-state index in [1.54, 1.807) is 0 Å². The van der Waals surface area contributed by atoms with Gasteiger partial charge in [0, 0.05) is 44.7 Å². The fourth-order valence-corrected chi connectivity index (χ4v) is 4.83. The van der Waals surface area contributed by atoms with Crippen molar-refractivity contribution in [2.75, 3.05) is 0 Å². The summed E-state index contributed by atoms with van der Waals surface area (Å²) in [5.41, 5.74) is 3.09. The highest BCUT2D eigenvalue weighted by Gasteiger charge is 2.36. The summed E-state index contributed by atoms with van der Waals surface area (Å²) in [4.78, 5) is 26.7. The Hall–Kier alpha value is -2.02. The number of carbonyl (C=O) groups excluding carboxylic acids is 2. The number of benzene rings is 2. The van der Waals surface area contributed by atoms with Crippen molar-refractivity contribution in [3.05, 3.63) is 74.2 Å². The molecule has 0 radical (unpaired) electrons. The van der Waals surface area contributed by atoms with Gasteiger partial charge in [-0.3, -0.25) is 14.5 Å². The van der Waals surface area contributed by atoms with E-state index in [9.17, 15) is 9.59 Å². The van der Waals surface area contributed by atoms with E-state index in [1.165, 1.54) is 4.90 Å². The minimum atomic E-state index is -0.233. The predicted octanol–water partition coefficient (Wildman–Crippen LogP) is 6.55. The van der Waals surface area contributed by atoms with Gasteiger partial charge in [0.1, 0.15) is 0 Å². The zero-order valence-electron chi connectivity index (χ0n) is 15.9. The molecule has 2 amide bonds. The standard InChI is InChI=1S/C22H18BrClN2O2S/c1-13(2)26-21(27)20(29-22(26)28)9-15-12-25(11-14-3-6-17(24)7-4-14)19-8-5-16(23)10-18(15)19/h3-10,12-13H,11H2,1-2H3/b20-9-. The van der Waals surface area contributed by atoms with Crippen LogP contribution >= 0.6 is 39.3 Å². The predicted molar refractivity (Wildman–Crippen MR) is 123 cm³/mol. The first-order valence-corrected chi connectivity index (χ1v) is 11.1. The third-order valence-electron chi connectivity index (χ3n) is 4.77. The van der Waals surface area contributed by atoms with E-state index in [0.29, 0.717) is 16.5 Å². The molecule has 7 heteroatoms. The lowest BCUT2D eigenvalue weighted by Crippen LogP contribution is -2.34. The van der Waals surface area contributed by atoms with Gasteiger partial charge >= 0.3 is 0 Å². The Labute approximate surface area is 186 Å². The molecule has 0 aliphatic carbocycles. The van der Waals surface area contributed by atoms with Crippen LogP contribution in [0.4, 0.5) is 4.79 Å². The van der Waals surface area contributed by atoms with Crippen LogP contribution in [0.3, 0.4) is 0 Å². The van der Waals surface area contributed by atoms with Crippen LogP contribution in [-0.2, 0) is 11.3 Å². The Kier molecular flexibility index (Phi) is 5.60. The smallest absolute Gasteiger partial charge is 0.293 e. The highest BCUT2D eigenvalue weighted by atomic mass is 79.9. The molecular weight excluding hydrogens is 472 g/mol. The van der Waals surface area contributed by atoms with Gasteiger partial charge < -0.3 is 4.57 Å². The summed E-state index contributed by atoms with van der Waals surface area (Å²) in [6, 6.07) is 13.7. The Bertz CT molecular complexity index is 1150. The molecule has 1 aliphatic rings. The average Bonchev–Trinajstić information content (AvgIpc) is 3.14. The van der Waals surface area contributed by atoms with Crippen molar-refractivity contribution in [2.45, 2.75) is 26.4 Å².